The third-order valence-electron chi connectivity index (χ3n) is 3.79. The van der Waals surface area contributed by atoms with E-state index >= 15 is 0 Å². The molecule has 0 spiro atoms. The summed E-state index contributed by atoms with van der Waals surface area (Å²) in [6, 6.07) is 15.8. The summed E-state index contributed by atoms with van der Waals surface area (Å²) in [5.41, 5.74) is 3.07. The van der Waals surface area contributed by atoms with Gasteiger partial charge in [0.05, 0.1) is 23.2 Å². The second-order valence-electron chi connectivity index (χ2n) is 5.66. The second kappa shape index (κ2) is 8.00. The van der Waals surface area contributed by atoms with Crippen LogP contribution in [-0.2, 0) is 0 Å². The molecule has 0 fully saturated rings. The van der Waals surface area contributed by atoms with Gasteiger partial charge in [-0.3, -0.25) is 0 Å². The van der Waals surface area contributed by atoms with Crippen LogP contribution in [0.4, 0.5) is 0 Å². The van der Waals surface area contributed by atoms with Gasteiger partial charge in [-0.1, -0.05) is 41.4 Å². The quantitative estimate of drug-likeness (QED) is 0.438. The minimum Gasteiger partial charge on any atom is -0.493 e. The van der Waals surface area contributed by atoms with Gasteiger partial charge in [0.2, 0.25) is 0 Å². The van der Waals surface area contributed by atoms with Gasteiger partial charge < -0.3 is 9.72 Å². The maximum atomic E-state index is 9.61. The maximum Gasteiger partial charge on any atom is 0.149 e. The molecule has 0 amide bonds. The van der Waals surface area contributed by atoms with Gasteiger partial charge in [-0.15, -0.1) is 0 Å². The van der Waals surface area contributed by atoms with Crippen LogP contribution in [0.25, 0.3) is 22.7 Å². The number of allylic oxidation sites excluding steroid dienone is 1. The molecule has 4 nitrogen and oxygen atoms in total. The van der Waals surface area contributed by atoms with Crippen LogP contribution in [0.15, 0.2) is 46.9 Å². The molecule has 2 aromatic carbocycles. The van der Waals surface area contributed by atoms with Crippen molar-refractivity contribution in [1.82, 2.24) is 9.97 Å². The first-order valence-corrected chi connectivity index (χ1v) is 9.00. The summed E-state index contributed by atoms with van der Waals surface area (Å²) in [7, 11) is 0. The van der Waals surface area contributed by atoms with E-state index in [1.165, 1.54) is 0 Å². The molecule has 0 radical (unpaired) electrons. The number of unbranched alkanes of at least 4 members (excludes halogenated alkanes) is 1. The van der Waals surface area contributed by atoms with Crippen molar-refractivity contribution in [2.75, 3.05) is 6.61 Å². The number of aromatic nitrogens is 2. The van der Waals surface area contributed by atoms with Crippen molar-refractivity contribution in [3.63, 3.8) is 0 Å². The van der Waals surface area contributed by atoms with Gasteiger partial charge in [0.15, 0.2) is 0 Å². The Kier molecular flexibility index (Phi) is 5.52. The van der Waals surface area contributed by atoms with Crippen LogP contribution in [0.1, 0.15) is 31.2 Å². The van der Waals surface area contributed by atoms with E-state index in [0.29, 0.717) is 18.0 Å². The number of nitrogens with one attached hydrogen (secondary N) is 1. The van der Waals surface area contributed by atoms with E-state index in [2.05, 4.69) is 38.9 Å². The summed E-state index contributed by atoms with van der Waals surface area (Å²) in [6.07, 6.45) is 3.88. The van der Waals surface area contributed by atoms with E-state index in [-0.39, 0.29) is 0 Å². The number of hydrogen-bond acceptors (Lipinski definition) is 3. The lowest BCUT2D eigenvalue weighted by molar-refractivity contribution is 0.309. The van der Waals surface area contributed by atoms with Gasteiger partial charge in [-0.05, 0) is 42.8 Å². The maximum absolute atomic E-state index is 9.61. The molecular weight excluding hydrogens is 378 g/mol. The number of nitrogens with zero attached hydrogens (tertiary/aromatic N) is 2. The Hall–Kier alpha value is -2.58. The minimum atomic E-state index is 0.467. The molecule has 3 aromatic rings. The highest BCUT2D eigenvalue weighted by Gasteiger charge is 2.10. The molecule has 0 aliphatic rings. The Morgan fingerprint density at radius 2 is 2.16 bits per heavy atom. The largest absolute Gasteiger partial charge is 0.493 e. The highest BCUT2D eigenvalue weighted by Crippen LogP contribution is 2.28. The SMILES string of the molecule is CCCCOc1ccc(Br)cc1/C=C(\C#N)c1nc2ccccc2[nH]1. The molecular formula is C20H18BrN3O. The Morgan fingerprint density at radius 3 is 2.92 bits per heavy atom. The van der Waals surface area contributed by atoms with Crippen LogP contribution in [0.2, 0.25) is 0 Å². The van der Waals surface area contributed by atoms with Gasteiger partial charge in [-0.25, -0.2) is 4.98 Å². The van der Waals surface area contributed by atoms with Crippen LogP contribution >= 0.6 is 15.9 Å². The number of imidazole rings is 1. The normalized spacial score (nSPS) is 11.5. The van der Waals surface area contributed by atoms with Crippen molar-refractivity contribution in [3.05, 3.63) is 58.3 Å². The van der Waals surface area contributed by atoms with Gasteiger partial charge in [-0.2, -0.15) is 5.26 Å². The zero-order chi connectivity index (χ0) is 17.6. The lowest BCUT2D eigenvalue weighted by Gasteiger charge is -2.09. The molecule has 126 valence electrons. The fourth-order valence-electron chi connectivity index (χ4n) is 2.48. The fourth-order valence-corrected chi connectivity index (χ4v) is 2.86. The van der Waals surface area contributed by atoms with Crippen LogP contribution in [-0.4, -0.2) is 16.6 Å². The number of benzene rings is 2. The van der Waals surface area contributed by atoms with Gasteiger partial charge in [0.25, 0.3) is 0 Å². The first kappa shape index (κ1) is 17.2. The molecule has 0 bridgehead atoms. The second-order valence-corrected chi connectivity index (χ2v) is 6.57. The average Bonchev–Trinajstić information content (AvgIpc) is 3.05. The zero-order valence-electron chi connectivity index (χ0n) is 13.9. The first-order chi connectivity index (χ1) is 12.2. The lowest BCUT2D eigenvalue weighted by atomic mass is 10.1. The molecule has 1 aromatic heterocycles. The molecule has 25 heavy (non-hydrogen) atoms. The molecule has 0 atom stereocenters. The van der Waals surface area contributed by atoms with Gasteiger partial charge in [0, 0.05) is 10.0 Å². The number of H-pyrrole nitrogens is 1. The molecule has 1 N–H and O–H groups in total. The molecule has 3 rings (SSSR count). The van der Waals surface area contributed by atoms with Crippen molar-refractivity contribution in [3.8, 4) is 11.8 Å². The van der Waals surface area contributed by atoms with Crippen LogP contribution < -0.4 is 4.74 Å². The number of hydrogen-bond donors (Lipinski definition) is 1. The van der Waals surface area contributed by atoms with Crippen molar-refractivity contribution in [1.29, 1.82) is 5.26 Å². The monoisotopic (exact) mass is 395 g/mol. The molecule has 0 aliphatic carbocycles. The van der Waals surface area contributed by atoms with Gasteiger partial charge >= 0.3 is 0 Å². The predicted molar refractivity (Wildman–Crippen MR) is 104 cm³/mol. The van der Waals surface area contributed by atoms with E-state index in [9.17, 15) is 5.26 Å². The molecule has 5 heteroatoms. The number of para-hydroxylation sites is 2. The summed E-state index contributed by atoms with van der Waals surface area (Å²) in [6.45, 7) is 2.78. The molecule has 1 heterocycles. The third kappa shape index (κ3) is 4.09. The number of ether oxygens (including phenoxy) is 1. The van der Waals surface area contributed by atoms with E-state index < -0.39 is 0 Å². The number of nitriles is 1. The van der Waals surface area contributed by atoms with Gasteiger partial charge in [0.1, 0.15) is 17.6 Å². The minimum absolute atomic E-state index is 0.467. The Balaban J connectivity index is 1.99. The highest BCUT2D eigenvalue weighted by molar-refractivity contribution is 9.10. The van der Waals surface area contributed by atoms with E-state index in [1.54, 1.807) is 0 Å². The van der Waals surface area contributed by atoms with Crippen molar-refractivity contribution in [2.24, 2.45) is 0 Å². The van der Waals surface area contributed by atoms with Crippen molar-refractivity contribution >= 4 is 38.6 Å². The summed E-state index contributed by atoms with van der Waals surface area (Å²) in [5, 5.41) is 9.61. The number of rotatable bonds is 6. The van der Waals surface area contributed by atoms with E-state index in [4.69, 9.17) is 4.74 Å². The highest BCUT2D eigenvalue weighted by atomic mass is 79.9. The summed E-state index contributed by atoms with van der Waals surface area (Å²) >= 11 is 3.48. The van der Waals surface area contributed by atoms with E-state index in [0.717, 1.165) is 39.7 Å². The molecule has 0 unspecified atom stereocenters. The number of aromatic amines is 1. The van der Waals surface area contributed by atoms with Crippen molar-refractivity contribution in [2.45, 2.75) is 19.8 Å². The molecule has 0 saturated carbocycles. The first-order valence-electron chi connectivity index (χ1n) is 8.20. The Bertz CT molecular complexity index is 920. The Labute approximate surface area is 155 Å². The fraction of sp³-hybridized carbons (Fsp3) is 0.200. The average molecular weight is 396 g/mol. The Morgan fingerprint density at radius 1 is 1.32 bits per heavy atom. The van der Waals surface area contributed by atoms with E-state index in [1.807, 2.05) is 48.5 Å². The van der Waals surface area contributed by atoms with Crippen molar-refractivity contribution < 1.29 is 4.74 Å². The van der Waals surface area contributed by atoms with Crippen LogP contribution in [0.5, 0.6) is 5.75 Å². The predicted octanol–water partition coefficient (Wildman–Crippen LogP) is 5.57. The lowest BCUT2D eigenvalue weighted by Crippen LogP contribution is -1.98. The number of halogens is 1. The summed E-state index contributed by atoms with van der Waals surface area (Å²) in [4.78, 5) is 7.71. The smallest absolute Gasteiger partial charge is 0.149 e. The zero-order valence-corrected chi connectivity index (χ0v) is 15.5. The van der Waals surface area contributed by atoms with Crippen LogP contribution in [0, 0.1) is 11.3 Å². The topological polar surface area (TPSA) is 61.7 Å². The standard InChI is InChI=1S/C20H18BrN3O/c1-2-3-10-25-19-9-8-16(21)12-14(19)11-15(13-22)20-23-17-6-4-5-7-18(17)24-20/h4-9,11-12H,2-3,10H2,1H3,(H,23,24)/b15-11+. The molecule has 0 aliphatic heterocycles. The summed E-state index contributed by atoms with van der Waals surface area (Å²) < 4.78 is 6.80. The summed E-state index contributed by atoms with van der Waals surface area (Å²) in [5.74, 6) is 1.32. The molecule has 0 saturated heterocycles. The number of fused-ring (bicyclic) bond motifs is 1. The third-order valence-corrected chi connectivity index (χ3v) is 4.29. The van der Waals surface area contributed by atoms with Crippen LogP contribution in [0.3, 0.4) is 0 Å².